The molecule has 1 amide bonds. The molecular formula is C21H27N3O2. The fourth-order valence-electron chi connectivity index (χ4n) is 3.45. The number of ether oxygens (including phenoxy) is 1. The Balaban J connectivity index is 1.57. The first-order valence-electron chi connectivity index (χ1n) is 9.03. The van der Waals surface area contributed by atoms with Crippen molar-refractivity contribution in [2.24, 2.45) is 11.7 Å². The summed E-state index contributed by atoms with van der Waals surface area (Å²) in [7, 11) is 1.69. The Hall–Kier alpha value is -2.53. The Morgan fingerprint density at radius 3 is 2.65 bits per heavy atom. The van der Waals surface area contributed by atoms with Crippen molar-refractivity contribution in [3.8, 4) is 5.75 Å². The average Bonchev–Trinajstić information content (AvgIpc) is 3.15. The van der Waals surface area contributed by atoms with E-state index < -0.39 is 5.54 Å². The zero-order valence-corrected chi connectivity index (χ0v) is 15.4. The molecule has 3 N–H and O–H groups in total. The number of hydrogen-bond acceptors (Lipinski definition) is 4. The van der Waals surface area contributed by atoms with Gasteiger partial charge in [-0.15, -0.1) is 0 Å². The molecule has 0 aromatic heterocycles. The van der Waals surface area contributed by atoms with Crippen molar-refractivity contribution in [1.82, 2.24) is 5.32 Å². The van der Waals surface area contributed by atoms with E-state index in [0.717, 1.165) is 36.5 Å². The van der Waals surface area contributed by atoms with Gasteiger partial charge in [0, 0.05) is 19.6 Å². The molecule has 26 heavy (non-hydrogen) atoms. The molecule has 5 nitrogen and oxygen atoms in total. The molecule has 138 valence electrons. The highest BCUT2D eigenvalue weighted by atomic mass is 16.5. The SMILES string of the molecule is COc1ccccc1N1CCC(CNC(=O)C(C)(N)c2ccccc2)C1. The maximum atomic E-state index is 12.6. The number of carbonyl (C=O) groups is 1. The lowest BCUT2D eigenvalue weighted by Gasteiger charge is -2.25. The van der Waals surface area contributed by atoms with E-state index in [1.165, 1.54) is 0 Å². The van der Waals surface area contributed by atoms with E-state index in [9.17, 15) is 4.79 Å². The molecule has 2 atom stereocenters. The van der Waals surface area contributed by atoms with Gasteiger partial charge in [0.25, 0.3) is 0 Å². The van der Waals surface area contributed by atoms with Crippen molar-refractivity contribution < 1.29 is 9.53 Å². The molecule has 0 aliphatic carbocycles. The van der Waals surface area contributed by atoms with E-state index in [2.05, 4.69) is 16.3 Å². The number of nitrogens with two attached hydrogens (primary N) is 1. The van der Waals surface area contributed by atoms with E-state index in [1.54, 1.807) is 14.0 Å². The number of nitrogens with zero attached hydrogens (tertiary/aromatic N) is 1. The number of nitrogens with one attached hydrogen (secondary N) is 1. The van der Waals surface area contributed by atoms with Crippen LogP contribution >= 0.6 is 0 Å². The Labute approximate surface area is 155 Å². The number of benzene rings is 2. The number of para-hydroxylation sites is 2. The Morgan fingerprint density at radius 2 is 1.92 bits per heavy atom. The van der Waals surface area contributed by atoms with Crippen molar-refractivity contribution in [3.05, 3.63) is 60.2 Å². The van der Waals surface area contributed by atoms with Crippen LogP contribution in [0.1, 0.15) is 18.9 Å². The summed E-state index contributed by atoms with van der Waals surface area (Å²) in [5.74, 6) is 1.14. The molecule has 1 heterocycles. The maximum absolute atomic E-state index is 12.6. The quantitative estimate of drug-likeness (QED) is 0.837. The lowest BCUT2D eigenvalue weighted by molar-refractivity contribution is -0.126. The largest absolute Gasteiger partial charge is 0.495 e. The third-order valence-corrected chi connectivity index (χ3v) is 5.11. The Bertz CT molecular complexity index is 746. The van der Waals surface area contributed by atoms with Crippen LogP contribution in [0.4, 0.5) is 5.69 Å². The minimum atomic E-state index is -1.03. The zero-order valence-electron chi connectivity index (χ0n) is 15.4. The summed E-state index contributed by atoms with van der Waals surface area (Å²) in [6.07, 6.45) is 1.03. The van der Waals surface area contributed by atoms with Crippen LogP contribution in [0, 0.1) is 5.92 Å². The van der Waals surface area contributed by atoms with Gasteiger partial charge >= 0.3 is 0 Å². The van der Waals surface area contributed by atoms with Gasteiger partial charge in [-0.3, -0.25) is 4.79 Å². The summed E-state index contributed by atoms with van der Waals surface area (Å²) < 4.78 is 5.46. The molecule has 0 spiro atoms. The number of hydrogen-bond donors (Lipinski definition) is 2. The van der Waals surface area contributed by atoms with Gasteiger partial charge in [-0.05, 0) is 37.0 Å². The summed E-state index contributed by atoms with van der Waals surface area (Å²) in [6.45, 7) is 4.24. The number of amides is 1. The van der Waals surface area contributed by atoms with E-state index in [1.807, 2.05) is 48.5 Å². The summed E-state index contributed by atoms with van der Waals surface area (Å²) in [4.78, 5) is 14.9. The monoisotopic (exact) mass is 353 g/mol. The lowest BCUT2D eigenvalue weighted by atomic mass is 9.92. The van der Waals surface area contributed by atoms with Gasteiger partial charge in [-0.1, -0.05) is 42.5 Å². The average molecular weight is 353 g/mol. The van der Waals surface area contributed by atoms with Crippen LogP contribution in [0.2, 0.25) is 0 Å². The van der Waals surface area contributed by atoms with Crippen LogP contribution in [0.25, 0.3) is 0 Å². The minimum Gasteiger partial charge on any atom is -0.495 e. The van der Waals surface area contributed by atoms with Crippen molar-refractivity contribution in [2.45, 2.75) is 18.9 Å². The minimum absolute atomic E-state index is 0.139. The Kier molecular flexibility index (Phi) is 5.47. The zero-order chi connectivity index (χ0) is 18.6. The number of methoxy groups -OCH3 is 1. The molecule has 1 saturated heterocycles. The van der Waals surface area contributed by atoms with E-state index in [0.29, 0.717) is 12.5 Å². The molecule has 0 bridgehead atoms. The smallest absolute Gasteiger partial charge is 0.244 e. The third-order valence-electron chi connectivity index (χ3n) is 5.11. The van der Waals surface area contributed by atoms with E-state index >= 15 is 0 Å². The standard InChI is InChI=1S/C21H27N3O2/c1-21(22,17-8-4-3-5-9-17)20(25)23-14-16-12-13-24(15-16)18-10-6-7-11-19(18)26-2/h3-11,16H,12-15,22H2,1-2H3,(H,23,25). The third kappa shape index (κ3) is 3.83. The summed E-state index contributed by atoms with van der Waals surface area (Å²) in [6, 6.07) is 17.5. The second kappa shape index (κ2) is 7.79. The number of anilines is 1. The van der Waals surface area contributed by atoms with Gasteiger partial charge in [-0.2, -0.15) is 0 Å². The van der Waals surface area contributed by atoms with Crippen molar-refractivity contribution in [2.75, 3.05) is 31.6 Å². The van der Waals surface area contributed by atoms with Gasteiger partial charge in [-0.25, -0.2) is 0 Å². The van der Waals surface area contributed by atoms with Crippen molar-refractivity contribution >= 4 is 11.6 Å². The predicted octanol–water partition coefficient (Wildman–Crippen LogP) is 2.51. The van der Waals surface area contributed by atoms with Crippen LogP contribution in [0.5, 0.6) is 5.75 Å². The summed E-state index contributed by atoms with van der Waals surface area (Å²) in [5.41, 5.74) is 7.19. The van der Waals surface area contributed by atoms with E-state index in [-0.39, 0.29) is 5.91 Å². The van der Waals surface area contributed by atoms with E-state index in [4.69, 9.17) is 10.5 Å². The van der Waals surface area contributed by atoms with Crippen LogP contribution in [0.15, 0.2) is 54.6 Å². The molecule has 2 unspecified atom stereocenters. The fourth-order valence-corrected chi connectivity index (χ4v) is 3.45. The normalized spacial score (nSPS) is 19.0. The topological polar surface area (TPSA) is 67.6 Å². The van der Waals surface area contributed by atoms with Gasteiger partial charge in [0.2, 0.25) is 5.91 Å². The highest BCUT2D eigenvalue weighted by molar-refractivity contribution is 5.87. The van der Waals surface area contributed by atoms with Gasteiger partial charge in [0.05, 0.1) is 12.8 Å². The highest BCUT2D eigenvalue weighted by Crippen LogP contribution is 2.31. The van der Waals surface area contributed by atoms with Crippen molar-refractivity contribution in [1.29, 1.82) is 0 Å². The van der Waals surface area contributed by atoms with Crippen molar-refractivity contribution in [3.63, 3.8) is 0 Å². The first-order chi connectivity index (χ1) is 12.5. The molecular weight excluding hydrogens is 326 g/mol. The van der Waals surface area contributed by atoms with Crippen LogP contribution in [-0.4, -0.2) is 32.7 Å². The molecule has 1 aliphatic rings. The highest BCUT2D eigenvalue weighted by Gasteiger charge is 2.31. The molecule has 1 aliphatic heterocycles. The molecule has 2 aromatic carbocycles. The predicted molar refractivity (Wildman–Crippen MR) is 104 cm³/mol. The number of rotatable bonds is 6. The molecule has 3 rings (SSSR count). The summed E-state index contributed by atoms with van der Waals surface area (Å²) in [5, 5.41) is 3.04. The number of carbonyl (C=O) groups excluding carboxylic acids is 1. The molecule has 1 fully saturated rings. The second-order valence-corrected chi connectivity index (χ2v) is 7.05. The van der Waals surface area contributed by atoms with Gasteiger partial charge in [0.15, 0.2) is 0 Å². The second-order valence-electron chi connectivity index (χ2n) is 7.05. The van der Waals surface area contributed by atoms with Crippen LogP contribution in [-0.2, 0) is 10.3 Å². The molecule has 5 heteroatoms. The molecule has 2 aromatic rings. The first kappa shape index (κ1) is 18.3. The van der Waals surface area contributed by atoms with Crippen LogP contribution in [0.3, 0.4) is 0 Å². The summed E-state index contributed by atoms with van der Waals surface area (Å²) >= 11 is 0. The Morgan fingerprint density at radius 1 is 1.23 bits per heavy atom. The van der Waals surface area contributed by atoms with Crippen LogP contribution < -0.4 is 20.7 Å². The van der Waals surface area contributed by atoms with Gasteiger partial charge < -0.3 is 20.7 Å². The van der Waals surface area contributed by atoms with Gasteiger partial charge in [0.1, 0.15) is 11.3 Å². The molecule has 0 radical (unpaired) electrons. The maximum Gasteiger partial charge on any atom is 0.244 e. The fraction of sp³-hybridized carbons (Fsp3) is 0.381. The molecule has 0 saturated carbocycles. The first-order valence-corrected chi connectivity index (χ1v) is 9.03. The lowest BCUT2D eigenvalue weighted by Crippen LogP contribution is -2.50.